The quantitative estimate of drug-likeness (QED) is 0.822. The molecule has 1 heterocycles. The van der Waals surface area contributed by atoms with Gasteiger partial charge in [0.1, 0.15) is 18.7 Å². The molecule has 0 aliphatic heterocycles. The van der Waals surface area contributed by atoms with Gasteiger partial charge in [-0.1, -0.05) is 13.8 Å². The van der Waals surface area contributed by atoms with E-state index in [1.807, 2.05) is 0 Å². The molecular formula is C11H16IN3O2. The van der Waals surface area contributed by atoms with Gasteiger partial charge in [-0.2, -0.15) is 0 Å². The van der Waals surface area contributed by atoms with E-state index in [2.05, 4.69) is 46.4 Å². The van der Waals surface area contributed by atoms with Gasteiger partial charge >= 0.3 is 5.97 Å². The van der Waals surface area contributed by atoms with Crippen LogP contribution in [0.5, 0.6) is 0 Å². The SMILES string of the molecule is CC(C)Cc1ncnc(N(C)CC(=O)O)c1I. The highest BCUT2D eigenvalue weighted by atomic mass is 127. The first-order valence-corrected chi connectivity index (χ1v) is 6.42. The first-order chi connectivity index (χ1) is 7.91. The molecular weight excluding hydrogens is 333 g/mol. The summed E-state index contributed by atoms with van der Waals surface area (Å²) < 4.78 is 0.933. The van der Waals surface area contributed by atoms with Crippen molar-refractivity contribution in [2.45, 2.75) is 20.3 Å². The molecule has 1 rings (SSSR count). The molecule has 0 aliphatic carbocycles. The van der Waals surface area contributed by atoms with Crippen LogP contribution in [0.25, 0.3) is 0 Å². The second-order valence-electron chi connectivity index (χ2n) is 4.31. The van der Waals surface area contributed by atoms with Crippen LogP contribution in [-0.2, 0) is 11.2 Å². The summed E-state index contributed by atoms with van der Waals surface area (Å²) in [5.74, 6) is 0.321. The Morgan fingerprint density at radius 1 is 1.53 bits per heavy atom. The van der Waals surface area contributed by atoms with Crippen molar-refractivity contribution in [3.05, 3.63) is 15.6 Å². The van der Waals surface area contributed by atoms with E-state index < -0.39 is 5.97 Å². The summed E-state index contributed by atoms with van der Waals surface area (Å²) in [5.41, 5.74) is 0.975. The van der Waals surface area contributed by atoms with Gasteiger partial charge in [0.2, 0.25) is 0 Å². The van der Waals surface area contributed by atoms with Gasteiger partial charge in [0.15, 0.2) is 0 Å². The van der Waals surface area contributed by atoms with Crippen molar-refractivity contribution >= 4 is 34.4 Å². The Hall–Kier alpha value is -0.920. The minimum absolute atomic E-state index is 0.0614. The molecule has 0 bridgehead atoms. The average molecular weight is 349 g/mol. The van der Waals surface area contributed by atoms with Crippen LogP contribution in [0.2, 0.25) is 0 Å². The zero-order valence-corrected chi connectivity index (χ0v) is 12.3. The standard InChI is InChI=1S/C11H16IN3O2/c1-7(2)4-8-10(12)11(14-6-13-8)15(3)5-9(16)17/h6-7H,4-5H2,1-3H3,(H,16,17). The van der Waals surface area contributed by atoms with Crippen LogP contribution >= 0.6 is 22.6 Å². The van der Waals surface area contributed by atoms with Crippen LogP contribution in [0.15, 0.2) is 6.33 Å². The highest BCUT2D eigenvalue weighted by molar-refractivity contribution is 14.1. The van der Waals surface area contributed by atoms with Crippen molar-refractivity contribution < 1.29 is 9.90 Å². The van der Waals surface area contributed by atoms with E-state index in [-0.39, 0.29) is 6.54 Å². The highest BCUT2D eigenvalue weighted by Gasteiger charge is 2.14. The lowest BCUT2D eigenvalue weighted by molar-refractivity contribution is -0.135. The number of nitrogens with zero attached hydrogens (tertiary/aromatic N) is 3. The Kier molecular flexibility index (Phi) is 5.10. The maximum absolute atomic E-state index is 10.7. The molecule has 1 aromatic heterocycles. The van der Waals surface area contributed by atoms with E-state index in [1.54, 1.807) is 11.9 Å². The largest absolute Gasteiger partial charge is 0.480 e. The van der Waals surface area contributed by atoms with Crippen LogP contribution in [0.3, 0.4) is 0 Å². The number of hydrogen-bond donors (Lipinski definition) is 1. The topological polar surface area (TPSA) is 66.3 Å². The molecule has 1 aromatic rings. The minimum Gasteiger partial charge on any atom is -0.480 e. The van der Waals surface area contributed by atoms with E-state index >= 15 is 0 Å². The van der Waals surface area contributed by atoms with Gasteiger partial charge < -0.3 is 10.0 Å². The van der Waals surface area contributed by atoms with Gasteiger partial charge in [-0.05, 0) is 34.9 Å². The van der Waals surface area contributed by atoms with Gasteiger partial charge in [0, 0.05) is 7.05 Å². The molecule has 6 heteroatoms. The van der Waals surface area contributed by atoms with Crippen molar-refractivity contribution in [3.63, 3.8) is 0 Å². The van der Waals surface area contributed by atoms with E-state index in [1.165, 1.54) is 6.33 Å². The predicted molar refractivity (Wildman–Crippen MR) is 74.2 cm³/mol. The first-order valence-electron chi connectivity index (χ1n) is 5.34. The number of aromatic nitrogens is 2. The van der Waals surface area contributed by atoms with Crippen molar-refractivity contribution in [2.75, 3.05) is 18.5 Å². The maximum Gasteiger partial charge on any atom is 0.323 e. The van der Waals surface area contributed by atoms with E-state index in [0.717, 1.165) is 15.7 Å². The summed E-state index contributed by atoms with van der Waals surface area (Å²) in [6, 6.07) is 0. The number of carboxylic acid groups (broad SMARTS) is 1. The third-order valence-corrected chi connectivity index (χ3v) is 3.28. The molecule has 0 saturated carbocycles. The van der Waals surface area contributed by atoms with Crippen LogP contribution in [0.1, 0.15) is 19.5 Å². The predicted octanol–water partition coefficient (Wildman–Crippen LogP) is 1.80. The number of carbonyl (C=O) groups is 1. The van der Waals surface area contributed by atoms with Crippen LogP contribution in [0, 0.1) is 9.49 Å². The lowest BCUT2D eigenvalue weighted by Crippen LogP contribution is -2.27. The second kappa shape index (κ2) is 6.13. The molecule has 1 N–H and O–H groups in total. The fourth-order valence-electron chi connectivity index (χ4n) is 1.47. The number of halogens is 1. The van der Waals surface area contributed by atoms with Crippen molar-refractivity contribution in [1.29, 1.82) is 0 Å². The first kappa shape index (κ1) is 14.1. The second-order valence-corrected chi connectivity index (χ2v) is 5.38. The number of hydrogen-bond acceptors (Lipinski definition) is 4. The molecule has 0 spiro atoms. The number of aliphatic carboxylic acids is 1. The molecule has 0 aliphatic rings. The van der Waals surface area contributed by atoms with Crippen molar-refractivity contribution in [3.8, 4) is 0 Å². The molecule has 0 saturated heterocycles. The van der Waals surface area contributed by atoms with E-state index in [4.69, 9.17) is 5.11 Å². The summed E-state index contributed by atoms with van der Waals surface area (Å²) in [7, 11) is 1.72. The van der Waals surface area contributed by atoms with Crippen molar-refractivity contribution in [1.82, 2.24) is 9.97 Å². The Labute approximate surface area is 114 Å². The molecule has 0 atom stereocenters. The molecule has 0 amide bonds. The molecule has 5 nitrogen and oxygen atoms in total. The Morgan fingerprint density at radius 2 is 2.18 bits per heavy atom. The maximum atomic E-state index is 10.7. The average Bonchev–Trinajstić information content (AvgIpc) is 2.19. The lowest BCUT2D eigenvalue weighted by atomic mass is 10.1. The zero-order valence-electron chi connectivity index (χ0n) is 10.1. The summed E-state index contributed by atoms with van der Waals surface area (Å²) in [6.07, 6.45) is 2.36. The minimum atomic E-state index is -0.868. The molecule has 0 fully saturated rings. The zero-order chi connectivity index (χ0) is 13.0. The summed E-state index contributed by atoms with van der Waals surface area (Å²) in [4.78, 5) is 20.7. The molecule has 0 unspecified atom stereocenters. The third-order valence-electron chi connectivity index (χ3n) is 2.18. The third kappa shape index (κ3) is 4.10. The number of anilines is 1. The lowest BCUT2D eigenvalue weighted by Gasteiger charge is -2.18. The fraction of sp³-hybridized carbons (Fsp3) is 0.545. The molecule has 0 aromatic carbocycles. The highest BCUT2D eigenvalue weighted by Crippen LogP contribution is 2.22. The van der Waals surface area contributed by atoms with Crippen LogP contribution < -0.4 is 4.90 Å². The Balaban J connectivity index is 2.97. The molecule has 0 radical (unpaired) electrons. The molecule has 94 valence electrons. The Morgan fingerprint density at radius 3 is 2.71 bits per heavy atom. The van der Waals surface area contributed by atoms with Gasteiger partial charge in [-0.15, -0.1) is 0 Å². The molecule has 17 heavy (non-hydrogen) atoms. The summed E-state index contributed by atoms with van der Waals surface area (Å²) in [5, 5.41) is 8.76. The fourth-order valence-corrected chi connectivity index (χ4v) is 2.38. The normalized spacial score (nSPS) is 10.6. The summed E-state index contributed by atoms with van der Waals surface area (Å²) in [6.45, 7) is 4.19. The number of carboxylic acids is 1. The number of likely N-dealkylation sites (N-methyl/N-ethyl adjacent to an activating group) is 1. The van der Waals surface area contributed by atoms with Gasteiger partial charge in [-0.25, -0.2) is 9.97 Å². The van der Waals surface area contributed by atoms with Gasteiger partial charge in [-0.3, -0.25) is 4.79 Å². The van der Waals surface area contributed by atoms with Gasteiger partial charge in [0.05, 0.1) is 9.26 Å². The van der Waals surface area contributed by atoms with Gasteiger partial charge in [0.25, 0.3) is 0 Å². The van der Waals surface area contributed by atoms with E-state index in [9.17, 15) is 4.79 Å². The monoisotopic (exact) mass is 349 g/mol. The van der Waals surface area contributed by atoms with Crippen LogP contribution in [-0.4, -0.2) is 34.6 Å². The van der Waals surface area contributed by atoms with Crippen molar-refractivity contribution in [2.24, 2.45) is 5.92 Å². The Bertz CT molecular complexity index is 410. The number of rotatable bonds is 5. The smallest absolute Gasteiger partial charge is 0.323 e. The van der Waals surface area contributed by atoms with E-state index in [0.29, 0.717) is 11.7 Å². The van der Waals surface area contributed by atoms with Crippen LogP contribution in [0.4, 0.5) is 5.82 Å². The summed E-state index contributed by atoms with van der Waals surface area (Å²) >= 11 is 2.18.